The van der Waals surface area contributed by atoms with Gasteiger partial charge in [0.1, 0.15) is 0 Å². The van der Waals surface area contributed by atoms with E-state index in [2.05, 4.69) is 17.9 Å². The van der Waals surface area contributed by atoms with Crippen LogP contribution in [0.4, 0.5) is 0 Å². The van der Waals surface area contributed by atoms with Crippen molar-refractivity contribution in [3.63, 3.8) is 0 Å². The van der Waals surface area contributed by atoms with Crippen molar-refractivity contribution < 1.29 is 14.3 Å². The van der Waals surface area contributed by atoms with Crippen molar-refractivity contribution >= 4 is 11.6 Å². The van der Waals surface area contributed by atoms with E-state index >= 15 is 0 Å². The van der Waals surface area contributed by atoms with Gasteiger partial charge >= 0.3 is 0 Å². The van der Waals surface area contributed by atoms with Crippen molar-refractivity contribution in [2.24, 2.45) is 11.5 Å². The summed E-state index contributed by atoms with van der Waals surface area (Å²) in [6.07, 6.45) is -0.515. The molecule has 0 aliphatic carbocycles. The van der Waals surface area contributed by atoms with Gasteiger partial charge in [-0.15, -0.1) is 0 Å². The van der Waals surface area contributed by atoms with Crippen LogP contribution in [0.5, 0.6) is 0 Å². The second kappa shape index (κ2) is 5.36. The second-order valence-electron chi connectivity index (χ2n) is 2.19. The molecule has 0 aliphatic rings. The zero-order valence-corrected chi connectivity index (χ0v) is 7.10. The minimum atomic E-state index is -1.25. The summed E-state index contributed by atoms with van der Waals surface area (Å²) < 4.78 is 4.67. The van der Waals surface area contributed by atoms with Crippen molar-refractivity contribution in [2.45, 2.75) is 12.5 Å². The molecule has 0 aromatic heterocycles. The van der Waals surface area contributed by atoms with Crippen LogP contribution in [0.25, 0.3) is 0 Å². The first kappa shape index (κ1) is 11.7. The summed E-state index contributed by atoms with van der Waals surface area (Å²) in [6.45, 7) is 6.40. The van der Waals surface area contributed by atoms with E-state index in [1.54, 1.807) is 0 Å². The van der Waals surface area contributed by atoms with E-state index in [0.717, 1.165) is 12.2 Å². The fourth-order valence-corrected chi connectivity index (χ4v) is 0.524. The number of hydrogen-bond donors (Lipinski definition) is 2. The normalized spacial score (nSPS) is 14.3. The third-order valence-electron chi connectivity index (χ3n) is 1.26. The standard InChI is InChI=1S/C8H12N2O3/c1-3-5(11)7(9)13-8(10)6(12)4-2/h3-4,7-8H,1-2,9-10H2. The average Bonchev–Trinajstić information content (AvgIpc) is 2.14. The Labute approximate surface area is 76.0 Å². The van der Waals surface area contributed by atoms with Crippen LogP contribution in [0, 0.1) is 0 Å². The Hall–Kier alpha value is -1.30. The van der Waals surface area contributed by atoms with Crippen LogP contribution in [0.1, 0.15) is 0 Å². The van der Waals surface area contributed by atoms with Crippen LogP contribution in [-0.4, -0.2) is 24.0 Å². The highest BCUT2D eigenvalue weighted by Crippen LogP contribution is 1.93. The molecule has 5 heteroatoms. The molecule has 72 valence electrons. The Morgan fingerprint density at radius 2 is 1.38 bits per heavy atom. The van der Waals surface area contributed by atoms with Crippen molar-refractivity contribution in [1.82, 2.24) is 0 Å². The second-order valence-corrected chi connectivity index (χ2v) is 2.19. The fraction of sp³-hybridized carbons (Fsp3) is 0.250. The maximum absolute atomic E-state index is 10.8. The third-order valence-corrected chi connectivity index (χ3v) is 1.26. The van der Waals surface area contributed by atoms with Gasteiger partial charge in [0, 0.05) is 0 Å². The third kappa shape index (κ3) is 3.75. The van der Waals surface area contributed by atoms with Crippen LogP contribution in [0.2, 0.25) is 0 Å². The molecule has 0 rings (SSSR count). The highest BCUT2D eigenvalue weighted by Gasteiger charge is 2.18. The van der Waals surface area contributed by atoms with Crippen molar-refractivity contribution in [1.29, 1.82) is 0 Å². The minimum absolute atomic E-state index is 0.535. The molecule has 0 aromatic rings. The molecule has 0 bridgehead atoms. The Balaban J connectivity index is 4.12. The highest BCUT2D eigenvalue weighted by atomic mass is 16.5. The monoisotopic (exact) mass is 184 g/mol. The van der Waals surface area contributed by atoms with E-state index in [0.29, 0.717) is 0 Å². The Kier molecular flexibility index (Phi) is 4.83. The van der Waals surface area contributed by atoms with Gasteiger partial charge in [0.2, 0.25) is 0 Å². The summed E-state index contributed by atoms with van der Waals surface area (Å²) in [4.78, 5) is 21.6. The molecule has 0 radical (unpaired) electrons. The maximum atomic E-state index is 10.8. The van der Waals surface area contributed by atoms with Crippen molar-refractivity contribution in [3.8, 4) is 0 Å². The van der Waals surface area contributed by atoms with Gasteiger partial charge in [-0.3, -0.25) is 21.1 Å². The molecule has 0 aliphatic heterocycles. The van der Waals surface area contributed by atoms with Gasteiger partial charge in [0.05, 0.1) is 0 Å². The zero-order chi connectivity index (χ0) is 10.4. The smallest absolute Gasteiger partial charge is 0.198 e. The Morgan fingerprint density at radius 1 is 1.08 bits per heavy atom. The molecule has 5 nitrogen and oxygen atoms in total. The van der Waals surface area contributed by atoms with Crippen LogP contribution in [0.15, 0.2) is 25.3 Å². The molecule has 2 unspecified atom stereocenters. The lowest BCUT2D eigenvalue weighted by molar-refractivity contribution is -0.137. The van der Waals surface area contributed by atoms with Gasteiger partial charge < -0.3 is 4.74 Å². The molecule has 0 heterocycles. The first-order valence-electron chi connectivity index (χ1n) is 3.52. The topological polar surface area (TPSA) is 95.4 Å². The number of nitrogens with two attached hydrogens (primary N) is 2. The molecule has 0 fully saturated rings. The summed E-state index contributed by atoms with van der Waals surface area (Å²) in [5, 5.41) is 0. The lowest BCUT2D eigenvalue weighted by Gasteiger charge is -2.13. The summed E-state index contributed by atoms with van der Waals surface area (Å²) in [6, 6.07) is 0. The van der Waals surface area contributed by atoms with Crippen LogP contribution < -0.4 is 11.5 Å². The van der Waals surface area contributed by atoms with Crippen molar-refractivity contribution in [2.75, 3.05) is 0 Å². The van der Waals surface area contributed by atoms with E-state index in [-0.39, 0.29) is 0 Å². The van der Waals surface area contributed by atoms with E-state index in [1.165, 1.54) is 0 Å². The molecule has 0 saturated carbocycles. The number of ether oxygens (including phenoxy) is 1. The predicted molar refractivity (Wildman–Crippen MR) is 47.4 cm³/mol. The van der Waals surface area contributed by atoms with Gasteiger partial charge in [0.15, 0.2) is 24.0 Å². The minimum Gasteiger partial charge on any atom is -0.330 e. The zero-order valence-electron chi connectivity index (χ0n) is 7.10. The average molecular weight is 184 g/mol. The van der Waals surface area contributed by atoms with Crippen molar-refractivity contribution in [3.05, 3.63) is 25.3 Å². The Morgan fingerprint density at radius 3 is 1.62 bits per heavy atom. The largest absolute Gasteiger partial charge is 0.330 e. The number of rotatable bonds is 6. The number of ketones is 2. The molecular formula is C8H12N2O3. The van der Waals surface area contributed by atoms with Gasteiger partial charge in [-0.25, -0.2) is 0 Å². The van der Waals surface area contributed by atoms with Gasteiger partial charge in [-0.1, -0.05) is 13.2 Å². The van der Waals surface area contributed by atoms with Crippen LogP contribution >= 0.6 is 0 Å². The number of carbonyl (C=O) groups is 2. The molecule has 2 atom stereocenters. The molecular weight excluding hydrogens is 172 g/mol. The van der Waals surface area contributed by atoms with Gasteiger partial charge in [0.25, 0.3) is 0 Å². The summed E-state index contributed by atoms with van der Waals surface area (Å²) in [5.41, 5.74) is 10.4. The number of hydrogen-bond acceptors (Lipinski definition) is 5. The molecule has 0 amide bonds. The summed E-state index contributed by atoms with van der Waals surface area (Å²) >= 11 is 0. The molecule has 0 spiro atoms. The fourth-order valence-electron chi connectivity index (χ4n) is 0.524. The molecule has 4 N–H and O–H groups in total. The maximum Gasteiger partial charge on any atom is 0.198 e. The lowest BCUT2D eigenvalue weighted by atomic mass is 10.3. The lowest BCUT2D eigenvalue weighted by Crippen LogP contribution is -2.43. The van der Waals surface area contributed by atoms with E-state index in [1.807, 2.05) is 0 Å². The predicted octanol–water partition coefficient (Wildman–Crippen LogP) is -0.917. The first-order valence-corrected chi connectivity index (χ1v) is 3.52. The van der Waals surface area contributed by atoms with E-state index in [9.17, 15) is 9.59 Å². The Bertz CT molecular complexity index is 214. The van der Waals surface area contributed by atoms with Crippen LogP contribution in [-0.2, 0) is 14.3 Å². The highest BCUT2D eigenvalue weighted by molar-refractivity contribution is 5.94. The number of carbonyl (C=O) groups excluding carboxylic acids is 2. The molecule has 0 saturated heterocycles. The summed E-state index contributed by atoms with van der Waals surface area (Å²) in [5.74, 6) is -1.07. The van der Waals surface area contributed by atoms with Gasteiger partial charge in [-0.2, -0.15) is 0 Å². The molecule has 13 heavy (non-hydrogen) atoms. The van der Waals surface area contributed by atoms with E-state index < -0.39 is 24.0 Å². The van der Waals surface area contributed by atoms with Crippen LogP contribution in [0.3, 0.4) is 0 Å². The quantitative estimate of drug-likeness (QED) is 0.411. The van der Waals surface area contributed by atoms with E-state index in [4.69, 9.17) is 11.5 Å². The summed E-state index contributed by atoms with van der Waals surface area (Å²) in [7, 11) is 0. The SMILES string of the molecule is C=CC(=O)C(N)OC(N)C(=O)C=C. The molecule has 0 aromatic carbocycles. The first-order chi connectivity index (χ1) is 6.02. The van der Waals surface area contributed by atoms with Gasteiger partial charge in [-0.05, 0) is 12.2 Å².